The van der Waals surface area contributed by atoms with Crippen molar-refractivity contribution in [2.24, 2.45) is 4.99 Å². The first kappa shape index (κ1) is 21.4. The molecular weight excluding hydrogens is 378 g/mol. The molecule has 0 fully saturated rings. The molecule has 0 aliphatic carbocycles. The topological polar surface area (TPSA) is 83.7 Å². The predicted molar refractivity (Wildman–Crippen MR) is 120 cm³/mol. The molecule has 0 aliphatic rings. The number of methoxy groups -OCH3 is 1. The van der Waals surface area contributed by atoms with E-state index in [2.05, 4.69) is 50.2 Å². The van der Waals surface area contributed by atoms with Gasteiger partial charge in [0.15, 0.2) is 5.96 Å². The summed E-state index contributed by atoms with van der Waals surface area (Å²) in [4.78, 5) is 9.21. The van der Waals surface area contributed by atoms with Crippen molar-refractivity contribution in [2.75, 3.05) is 32.1 Å². The number of rotatable bonds is 10. The van der Waals surface area contributed by atoms with Crippen LogP contribution in [0.15, 0.2) is 70.3 Å². The summed E-state index contributed by atoms with van der Waals surface area (Å²) in [6, 6.07) is 18.1. The second-order valence-corrected chi connectivity index (χ2v) is 6.68. The molecule has 0 radical (unpaired) electrons. The number of aromatic nitrogens is 1. The van der Waals surface area contributed by atoms with Crippen LogP contribution in [0.2, 0.25) is 0 Å². The van der Waals surface area contributed by atoms with E-state index in [-0.39, 0.29) is 0 Å². The van der Waals surface area contributed by atoms with E-state index in [9.17, 15) is 0 Å². The van der Waals surface area contributed by atoms with Crippen molar-refractivity contribution in [2.45, 2.75) is 20.0 Å². The van der Waals surface area contributed by atoms with Gasteiger partial charge in [0.25, 0.3) is 0 Å². The van der Waals surface area contributed by atoms with Crippen LogP contribution in [0.3, 0.4) is 0 Å². The molecule has 0 saturated heterocycles. The number of anilines is 1. The van der Waals surface area contributed by atoms with E-state index in [0.29, 0.717) is 25.6 Å². The van der Waals surface area contributed by atoms with Crippen LogP contribution in [0.4, 0.5) is 5.69 Å². The van der Waals surface area contributed by atoms with E-state index in [1.165, 1.54) is 0 Å². The van der Waals surface area contributed by atoms with Crippen LogP contribution in [0.5, 0.6) is 0 Å². The lowest BCUT2D eigenvalue weighted by molar-refractivity contribution is 0.211. The normalized spacial score (nSPS) is 11.3. The third-order valence-corrected chi connectivity index (χ3v) is 4.36. The van der Waals surface area contributed by atoms with Crippen LogP contribution in [0.1, 0.15) is 18.2 Å². The number of nitrogens with zero attached hydrogens (tertiary/aromatic N) is 2. The first-order valence-corrected chi connectivity index (χ1v) is 10.1. The smallest absolute Gasteiger partial charge is 0.226 e. The molecule has 0 amide bonds. The Morgan fingerprint density at radius 1 is 1.07 bits per heavy atom. The van der Waals surface area contributed by atoms with Crippen LogP contribution >= 0.6 is 0 Å². The zero-order valence-corrected chi connectivity index (χ0v) is 17.5. The molecule has 0 saturated carbocycles. The van der Waals surface area contributed by atoms with Gasteiger partial charge >= 0.3 is 0 Å². The quantitative estimate of drug-likeness (QED) is 0.270. The number of hydrogen-bond donors (Lipinski definition) is 3. The standard InChI is InChI=1S/C23H29N5O2/c1-3-24-23(26-15-18-9-11-20(12-10-18)25-13-14-29-2)27-16-21-17-30-22(28-21)19-7-5-4-6-8-19/h4-12,17,25H,3,13-16H2,1-2H3,(H2,24,26,27). The predicted octanol–water partition coefficient (Wildman–Crippen LogP) is 3.66. The molecule has 3 aromatic rings. The van der Waals surface area contributed by atoms with Gasteiger partial charge in [0.1, 0.15) is 6.26 Å². The zero-order chi connectivity index (χ0) is 21.0. The molecule has 2 aromatic carbocycles. The summed E-state index contributed by atoms with van der Waals surface area (Å²) in [5.74, 6) is 1.36. The minimum Gasteiger partial charge on any atom is -0.444 e. The minimum atomic E-state index is 0.532. The molecule has 158 valence electrons. The van der Waals surface area contributed by atoms with Gasteiger partial charge < -0.3 is 25.1 Å². The first-order valence-electron chi connectivity index (χ1n) is 10.1. The van der Waals surface area contributed by atoms with Crippen LogP contribution < -0.4 is 16.0 Å². The van der Waals surface area contributed by atoms with E-state index >= 15 is 0 Å². The van der Waals surface area contributed by atoms with Gasteiger partial charge in [-0.3, -0.25) is 0 Å². The van der Waals surface area contributed by atoms with Crippen LogP contribution in [-0.4, -0.2) is 37.7 Å². The summed E-state index contributed by atoms with van der Waals surface area (Å²) in [5.41, 5.74) is 4.00. The summed E-state index contributed by atoms with van der Waals surface area (Å²) >= 11 is 0. The SMILES string of the molecule is CCNC(=NCc1ccc(NCCOC)cc1)NCc1coc(-c2ccccc2)n1. The second kappa shape index (κ2) is 11.6. The number of ether oxygens (including phenoxy) is 1. The molecule has 30 heavy (non-hydrogen) atoms. The van der Waals surface area contributed by atoms with E-state index in [0.717, 1.165) is 41.6 Å². The van der Waals surface area contributed by atoms with Gasteiger partial charge in [0.2, 0.25) is 5.89 Å². The Morgan fingerprint density at radius 2 is 1.87 bits per heavy atom. The molecule has 1 heterocycles. The van der Waals surface area contributed by atoms with E-state index in [4.69, 9.17) is 9.15 Å². The fourth-order valence-electron chi connectivity index (χ4n) is 2.81. The lowest BCUT2D eigenvalue weighted by atomic mass is 10.2. The highest BCUT2D eigenvalue weighted by Crippen LogP contribution is 2.17. The molecule has 0 spiro atoms. The van der Waals surface area contributed by atoms with Crippen LogP contribution in [0, 0.1) is 0 Å². The summed E-state index contributed by atoms with van der Waals surface area (Å²) in [6.45, 7) is 5.41. The van der Waals surface area contributed by atoms with Gasteiger partial charge in [-0.1, -0.05) is 30.3 Å². The zero-order valence-electron chi connectivity index (χ0n) is 17.5. The highest BCUT2D eigenvalue weighted by molar-refractivity contribution is 5.79. The lowest BCUT2D eigenvalue weighted by Gasteiger charge is -2.10. The number of aliphatic imine (C=N–C) groups is 1. The number of benzene rings is 2. The van der Waals surface area contributed by atoms with Crippen molar-refractivity contribution < 1.29 is 9.15 Å². The third-order valence-electron chi connectivity index (χ3n) is 4.36. The Labute approximate surface area is 177 Å². The largest absolute Gasteiger partial charge is 0.444 e. The van der Waals surface area contributed by atoms with Gasteiger partial charge in [0.05, 0.1) is 25.4 Å². The van der Waals surface area contributed by atoms with Crippen molar-refractivity contribution in [1.82, 2.24) is 15.6 Å². The van der Waals surface area contributed by atoms with Gasteiger partial charge in [-0.25, -0.2) is 9.98 Å². The summed E-state index contributed by atoms with van der Waals surface area (Å²) in [6.07, 6.45) is 1.67. The van der Waals surface area contributed by atoms with Gasteiger partial charge in [-0.2, -0.15) is 0 Å². The average molecular weight is 408 g/mol. The van der Waals surface area contributed by atoms with Crippen molar-refractivity contribution >= 4 is 11.6 Å². The third kappa shape index (κ3) is 6.63. The highest BCUT2D eigenvalue weighted by Gasteiger charge is 2.07. The monoisotopic (exact) mass is 407 g/mol. The number of guanidine groups is 1. The van der Waals surface area contributed by atoms with Crippen LogP contribution in [-0.2, 0) is 17.8 Å². The molecule has 0 unspecified atom stereocenters. The minimum absolute atomic E-state index is 0.532. The molecule has 0 aliphatic heterocycles. The Balaban J connectivity index is 1.54. The Hall–Kier alpha value is -3.32. The van der Waals surface area contributed by atoms with E-state index < -0.39 is 0 Å². The van der Waals surface area contributed by atoms with Gasteiger partial charge in [0, 0.05) is 31.5 Å². The van der Waals surface area contributed by atoms with Crippen LogP contribution in [0.25, 0.3) is 11.5 Å². The molecule has 0 atom stereocenters. The van der Waals surface area contributed by atoms with Crippen molar-refractivity contribution in [3.05, 3.63) is 72.1 Å². The average Bonchev–Trinajstić information content (AvgIpc) is 3.26. The van der Waals surface area contributed by atoms with Crippen molar-refractivity contribution in [3.63, 3.8) is 0 Å². The Kier molecular flexibility index (Phi) is 8.29. The molecular formula is C23H29N5O2. The fourth-order valence-corrected chi connectivity index (χ4v) is 2.81. The van der Waals surface area contributed by atoms with Gasteiger partial charge in [-0.05, 0) is 36.8 Å². The number of hydrogen-bond acceptors (Lipinski definition) is 5. The molecule has 7 heteroatoms. The summed E-state index contributed by atoms with van der Waals surface area (Å²) in [5, 5.41) is 9.88. The maximum atomic E-state index is 5.59. The molecule has 0 bridgehead atoms. The molecule has 3 N–H and O–H groups in total. The summed E-state index contributed by atoms with van der Waals surface area (Å²) < 4.78 is 10.6. The lowest BCUT2D eigenvalue weighted by Crippen LogP contribution is -2.36. The first-order chi connectivity index (χ1) is 14.8. The van der Waals surface area contributed by atoms with E-state index in [1.54, 1.807) is 13.4 Å². The maximum Gasteiger partial charge on any atom is 0.226 e. The number of nitrogens with one attached hydrogen (secondary N) is 3. The second-order valence-electron chi connectivity index (χ2n) is 6.68. The maximum absolute atomic E-state index is 5.59. The molecule has 3 rings (SSSR count). The summed E-state index contributed by atoms with van der Waals surface area (Å²) in [7, 11) is 1.70. The molecule has 1 aromatic heterocycles. The Bertz CT molecular complexity index is 907. The number of oxazole rings is 1. The fraction of sp³-hybridized carbons (Fsp3) is 0.304. The molecule has 7 nitrogen and oxygen atoms in total. The highest BCUT2D eigenvalue weighted by atomic mass is 16.5. The Morgan fingerprint density at radius 3 is 2.60 bits per heavy atom. The van der Waals surface area contributed by atoms with Crippen molar-refractivity contribution in [1.29, 1.82) is 0 Å². The van der Waals surface area contributed by atoms with Crippen molar-refractivity contribution in [3.8, 4) is 11.5 Å². The van der Waals surface area contributed by atoms with E-state index in [1.807, 2.05) is 37.3 Å². The van der Waals surface area contributed by atoms with Gasteiger partial charge in [-0.15, -0.1) is 0 Å².